The minimum atomic E-state index is -1.16. The highest BCUT2D eigenvalue weighted by Crippen LogP contribution is 2.32. The van der Waals surface area contributed by atoms with Crippen LogP contribution in [0.25, 0.3) is 0 Å². The summed E-state index contributed by atoms with van der Waals surface area (Å²) in [4.78, 5) is 65.5. The van der Waals surface area contributed by atoms with Crippen molar-refractivity contribution in [2.45, 2.75) is 57.7 Å². The average molecular weight is 413 g/mol. The van der Waals surface area contributed by atoms with Crippen molar-refractivity contribution < 1.29 is 28.7 Å². The molecule has 0 aromatic heterocycles. The van der Waals surface area contributed by atoms with Crippen LogP contribution in [0.1, 0.15) is 60.7 Å². The molecule has 0 saturated carbocycles. The number of esters is 1. The van der Waals surface area contributed by atoms with Gasteiger partial charge in [0.2, 0.25) is 5.91 Å². The smallest absolute Gasteiger partial charge is 0.331 e. The lowest BCUT2D eigenvalue weighted by molar-refractivity contribution is -0.174. The van der Waals surface area contributed by atoms with Crippen LogP contribution in [0.2, 0.25) is 0 Å². The maximum Gasteiger partial charge on any atom is 0.331 e. The molecule has 1 aromatic carbocycles. The minimum Gasteiger partial charge on any atom is -0.458 e. The fourth-order valence-electron chi connectivity index (χ4n) is 4.14. The SMILES string of the molecule is CC(C)(C)OC(=O)[C@@H]1CCN2C(=O)CC[C@H](N3C(=O)c4ccccc4C3=O)C(=O)N12. The van der Waals surface area contributed by atoms with Crippen molar-refractivity contribution in [1.82, 2.24) is 14.9 Å². The van der Waals surface area contributed by atoms with Gasteiger partial charge in [-0.2, -0.15) is 0 Å². The van der Waals surface area contributed by atoms with E-state index in [4.69, 9.17) is 4.74 Å². The highest BCUT2D eigenvalue weighted by Gasteiger charge is 2.52. The second kappa shape index (κ2) is 6.93. The number of imide groups is 1. The normalized spacial score (nSPS) is 24.2. The number of nitrogens with zero attached hydrogens (tertiary/aromatic N) is 3. The van der Waals surface area contributed by atoms with Crippen LogP contribution in [0, 0.1) is 0 Å². The summed E-state index contributed by atoms with van der Waals surface area (Å²) < 4.78 is 5.43. The lowest BCUT2D eigenvalue weighted by Crippen LogP contribution is -2.56. The molecule has 0 spiro atoms. The lowest BCUT2D eigenvalue weighted by atomic mass is 10.1. The number of rotatable bonds is 2. The molecule has 0 unspecified atom stereocenters. The number of carbonyl (C=O) groups is 5. The molecule has 158 valence electrons. The Kier molecular flexibility index (Phi) is 4.63. The standard InChI is InChI=1S/C21H23N3O6/c1-21(2,3)30-20(29)15-10-11-22-16(25)9-8-14(19(28)24(15)22)23-17(26)12-6-4-5-7-13(12)18(23)27/h4-7,14-15H,8-11H2,1-3H3/t14-,15-/m0/s1. The molecule has 2 fully saturated rings. The van der Waals surface area contributed by atoms with E-state index in [2.05, 4.69) is 0 Å². The third-order valence-corrected chi connectivity index (χ3v) is 5.42. The second-order valence-corrected chi connectivity index (χ2v) is 8.62. The highest BCUT2D eigenvalue weighted by molar-refractivity contribution is 6.23. The van der Waals surface area contributed by atoms with Crippen molar-refractivity contribution in [2.75, 3.05) is 6.54 Å². The Hall–Kier alpha value is -3.23. The van der Waals surface area contributed by atoms with Crippen LogP contribution in [0.3, 0.4) is 0 Å². The van der Waals surface area contributed by atoms with E-state index in [1.165, 1.54) is 17.1 Å². The zero-order valence-electron chi connectivity index (χ0n) is 17.1. The van der Waals surface area contributed by atoms with Crippen LogP contribution < -0.4 is 0 Å². The van der Waals surface area contributed by atoms with Crippen LogP contribution in [-0.4, -0.2) is 68.7 Å². The van der Waals surface area contributed by atoms with Crippen LogP contribution in [0.5, 0.6) is 0 Å². The first-order chi connectivity index (χ1) is 14.1. The van der Waals surface area contributed by atoms with Gasteiger partial charge in [0, 0.05) is 19.4 Å². The predicted molar refractivity (Wildman–Crippen MR) is 103 cm³/mol. The van der Waals surface area contributed by atoms with E-state index in [1.54, 1.807) is 32.9 Å². The summed E-state index contributed by atoms with van der Waals surface area (Å²) in [5, 5.41) is 2.34. The molecule has 9 heteroatoms. The number of fused-ring (bicyclic) bond motifs is 2. The van der Waals surface area contributed by atoms with E-state index in [0.717, 1.165) is 9.91 Å². The van der Waals surface area contributed by atoms with E-state index in [1.807, 2.05) is 0 Å². The monoisotopic (exact) mass is 413 g/mol. The summed E-state index contributed by atoms with van der Waals surface area (Å²) in [6.45, 7) is 5.35. The fraction of sp³-hybridized carbons (Fsp3) is 0.476. The van der Waals surface area contributed by atoms with Gasteiger partial charge in [0.05, 0.1) is 11.1 Å². The van der Waals surface area contributed by atoms with Crippen molar-refractivity contribution in [2.24, 2.45) is 0 Å². The van der Waals surface area contributed by atoms with Gasteiger partial charge in [-0.3, -0.25) is 29.1 Å². The van der Waals surface area contributed by atoms with Gasteiger partial charge >= 0.3 is 5.97 Å². The number of benzene rings is 1. The van der Waals surface area contributed by atoms with Gasteiger partial charge < -0.3 is 4.74 Å². The highest BCUT2D eigenvalue weighted by atomic mass is 16.6. The maximum atomic E-state index is 13.5. The number of ether oxygens (including phenoxy) is 1. The Labute approximate surface area is 173 Å². The Balaban J connectivity index is 1.67. The third kappa shape index (κ3) is 3.14. The molecule has 3 heterocycles. The second-order valence-electron chi connectivity index (χ2n) is 8.62. The number of amides is 4. The number of hydrogen-bond acceptors (Lipinski definition) is 6. The molecule has 9 nitrogen and oxygen atoms in total. The van der Waals surface area contributed by atoms with Crippen molar-refractivity contribution in [1.29, 1.82) is 0 Å². The summed E-state index contributed by atoms with van der Waals surface area (Å²) in [6, 6.07) is 4.23. The number of carbonyl (C=O) groups excluding carboxylic acids is 5. The quantitative estimate of drug-likeness (QED) is 0.532. The van der Waals surface area contributed by atoms with Crippen LogP contribution >= 0.6 is 0 Å². The molecule has 30 heavy (non-hydrogen) atoms. The summed E-state index contributed by atoms with van der Waals surface area (Å²) in [5.41, 5.74) is -0.300. The molecular formula is C21H23N3O6. The van der Waals surface area contributed by atoms with Gasteiger partial charge in [0.25, 0.3) is 17.7 Å². The summed E-state index contributed by atoms with van der Waals surface area (Å²) >= 11 is 0. The Morgan fingerprint density at radius 3 is 2.17 bits per heavy atom. The average Bonchev–Trinajstić information content (AvgIpc) is 3.19. The first-order valence-electron chi connectivity index (χ1n) is 9.93. The maximum absolute atomic E-state index is 13.5. The molecule has 1 aromatic rings. The Morgan fingerprint density at radius 1 is 1.00 bits per heavy atom. The molecule has 0 bridgehead atoms. The molecule has 0 N–H and O–H groups in total. The molecule has 2 atom stereocenters. The van der Waals surface area contributed by atoms with Gasteiger partial charge in [-0.1, -0.05) is 12.1 Å². The van der Waals surface area contributed by atoms with Crippen molar-refractivity contribution >= 4 is 29.6 Å². The molecule has 3 aliphatic heterocycles. The first kappa shape index (κ1) is 20.1. The largest absolute Gasteiger partial charge is 0.458 e. The molecule has 4 amide bonds. The van der Waals surface area contributed by atoms with Crippen LogP contribution in [0.15, 0.2) is 24.3 Å². The predicted octanol–water partition coefficient (Wildman–Crippen LogP) is 1.13. The van der Waals surface area contributed by atoms with E-state index in [0.29, 0.717) is 0 Å². The molecular weight excluding hydrogens is 390 g/mol. The van der Waals surface area contributed by atoms with Gasteiger partial charge in [-0.05, 0) is 39.3 Å². The zero-order valence-corrected chi connectivity index (χ0v) is 17.1. The van der Waals surface area contributed by atoms with E-state index in [9.17, 15) is 24.0 Å². The summed E-state index contributed by atoms with van der Waals surface area (Å²) in [6.07, 6.45) is 0.236. The summed E-state index contributed by atoms with van der Waals surface area (Å²) in [5.74, 6) is -2.70. The number of hydrazine groups is 1. The molecule has 2 saturated heterocycles. The van der Waals surface area contributed by atoms with Crippen molar-refractivity contribution in [3.8, 4) is 0 Å². The van der Waals surface area contributed by atoms with Crippen LogP contribution in [-0.2, 0) is 19.1 Å². The minimum absolute atomic E-state index is 0.0111. The van der Waals surface area contributed by atoms with Gasteiger partial charge in [-0.15, -0.1) is 0 Å². The first-order valence-corrected chi connectivity index (χ1v) is 9.93. The van der Waals surface area contributed by atoms with E-state index >= 15 is 0 Å². The van der Waals surface area contributed by atoms with Gasteiger partial charge in [0.15, 0.2) is 6.04 Å². The lowest BCUT2D eigenvalue weighted by Gasteiger charge is -2.33. The molecule has 3 aliphatic rings. The van der Waals surface area contributed by atoms with Crippen molar-refractivity contribution in [3.05, 3.63) is 35.4 Å². The topological polar surface area (TPSA) is 104 Å². The molecule has 0 aliphatic carbocycles. The van der Waals surface area contributed by atoms with Gasteiger partial charge in [-0.25, -0.2) is 9.80 Å². The molecule has 4 rings (SSSR count). The Morgan fingerprint density at radius 2 is 1.60 bits per heavy atom. The van der Waals surface area contributed by atoms with Crippen molar-refractivity contribution in [3.63, 3.8) is 0 Å². The van der Waals surface area contributed by atoms with Crippen LogP contribution in [0.4, 0.5) is 0 Å². The Bertz CT molecular complexity index is 931. The zero-order chi connectivity index (χ0) is 21.8. The molecule has 0 radical (unpaired) electrons. The van der Waals surface area contributed by atoms with Gasteiger partial charge in [0.1, 0.15) is 11.6 Å². The van der Waals surface area contributed by atoms with E-state index < -0.39 is 41.4 Å². The fourth-order valence-corrected chi connectivity index (χ4v) is 4.14. The summed E-state index contributed by atoms with van der Waals surface area (Å²) in [7, 11) is 0. The van der Waals surface area contributed by atoms with E-state index in [-0.39, 0.29) is 42.8 Å². The third-order valence-electron chi connectivity index (χ3n) is 5.42. The number of hydrogen-bond donors (Lipinski definition) is 0.